The van der Waals surface area contributed by atoms with Gasteiger partial charge in [-0.3, -0.25) is 14.5 Å². The Morgan fingerprint density at radius 2 is 1.97 bits per heavy atom. The van der Waals surface area contributed by atoms with Crippen molar-refractivity contribution in [3.63, 3.8) is 0 Å². The lowest BCUT2D eigenvalue weighted by Gasteiger charge is -2.39. The van der Waals surface area contributed by atoms with Crippen molar-refractivity contribution in [1.29, 1.82) is 0 Å². The van der Waals surface area contributed by atoms with Gasteiger partial charge in [0, 0.05) is 37.0 Å². The van der Waals surface area contributed by atoms with Crippen molar-refractivity contribution in [2.45, 2.75) is 45.3 Å². The minimum absolute atomic E-state index is 0.237. The number of nitrogens with zero attached hydrogens (tertiary/aromatic N) is 6. The van der Waals surface area contributed by atoms with E-state index < -0.39 is 0 Å². The van der Waals surface area contributed by atoms with E-state index in [2.05, 4.69) is 40.2 Å². The van der Waals surface area contributed by atoms with E-state index in [-0.39, 0.29) is 6.04 Å². The molecule has 4 heterocycles. The van der Waals surface area contributed by atoms with Crippen LogP contribution in [0.3, 0.4) is 0 Å². The van der Waals surface area contributed by atoms with Crippen LogP contribution in [0.2, 0.25) is 0 Å². The molecule has 0 radical (unpaired) electrons. The second-order valence-electron chi connectivity index (χ2n) is 8.94. The molecule has 30 heavy (non-hydrogen) atoms. The van der Waals surface area contributed by atoms with Crippen LogP contribution in [0.5, 0.6) is 0 Å². The first-order chi connectivity index (χ1) is 14.6. The molecule has 5 rings (SSSR count). The fourth-order valence-electron chi connectivity index (χ4n) is 5.09. The Labute approximate surface area is 177 Å². The quantitative estimate of drug-likeness (QED) is 0.645. The summed E-state index contributed by atoms with van der Waals surface area (Å²) >= 11 is 0. The van der Waals surface area contributed by atoms with Gasteiger partial charge in [0.25, 0.3) is 5.89 Å². The van der Waals surface area contributed by atoms with Crippen molar-refractivity contribution < 1.29 is 4.52 Å². The molecule has 7 heteroatoms. The second-order valence-corrected chi connectivity index (χ2v) is 8.94. The number of benzene rings is 1. The van der Waals surface area contributed by atoms with E-state index in [0.717, 1.165) is 50.5 Å². The normalized spacial score (nSPS) is 22.1. The highest BCUT2D eigenvalue weighted by atomic mass is 16.5. The largest absolute Gasteiger partial charge is 0.334 e. The maximum atomic E-state index is 5.58. The summed E-state index contributed by atoms with van der Waals surface area (Å²) in [5.74, 6) is 1.44. The number of likely N-dealkylation sites (tertiary alicyclic amines) is 2. The van der Waals surface area contributed by atoms with Crippen LogP contribution in [-0.4, -0.2) is 56.4 Å². The van der Waals surface area contributed by atoms with Crippen LogP contribution in [0.4, 0.5) is 0 Å². The van der Waals surface area contributed by atoms with Crippen LogP contribution >= 0.6 is 0 Å². The van der Waals surface area contributed by atoms with Gasteiger partial charge in [0.05, 0.1) is 12.2 Å². The molecule has 7 nitrogen and oxygen atoms in total. The number of aryl methyl sites for hydroxylation is 1. The number of aromatic nitrogens is 4. The van der Waals surface area contributed by atoms with E-state index in [0.29, 0.717) is 11.3 Å². The van der Waals surface area contributed by atoms with Crippen molar-refractivity contribution in [3.05, 3.63) is 54.1 Å². The summed E-state index contributed by atoms with van der Waals surface area (Å²) in [4.78, 5) is 9.72. The van der Waals surface area contributed by atoms with Crippen molar-refractivity contribution in [2.24, 2.45) is 5.41 Å². The fraction of sp³-hybridized carbons (Fsp3) is 0.522. The molecule has 2 fully saturated rings. The summed E-state index contributed by atoms with van der Waals surface area (Å²) in [6, 6.07) is 10.3. The van der Waals surface area contributed by atoms with Crippen LogP contribution < -0.4 is 0 Å². The minimum Gasteiger partial charge on any atom is -0.334 e. The molecule has 1 unspecified atom stereocenters. The number of hydrogen-bond acceptors (Lipinski definition) is 6. The third-order valence-corrected chi connectivity index (χ3v) is 6.84. The molecule has 2 aliphatic heterocycles. The van der Waals surface area contributed by atoms with E-state index in [4.69, 9.17) is 9.51 Å². The number of rotatable bonds is 5. The predicted octanol–water partition coefficient (Wildman–Crippen LogP) is 3.61. The van der Waals surface area contributed by atoms with Gasteiger partial charge in [0.2, 0.25) is 0 Å². The molecule has 3 aromatic rings. The smallest absolute Gasteiger partial charge is 0.257 e. The predicted molar refractivity (Wildman–Crippen MR) is 115 cm³/mol. The van der Waals surface area contributed by atoms with E-state index >= 15 is 0 Å². The summed E-state index contributed by atoms with van der Waals surface area (Å²) < 4.78 is 7.58. The van der Waals surface area contributed by atoms with Gasteiger partial charge in [0.1, 0.15) is 0 Å². The molecular formula is C23H30N6O. The van der Waals surface area contributed by atoms with E-state index in [1.165, 1.54) is 18.4 Å². The van der Waals surface area contributed by atoms with Gasteiger partial charge < -0.3 is 4.52 Å². The molecule has 2 saturated heterocycles. The zero-order valence-electron chi connectivity index (χ0n) is 17.9. The SMILES string of the molecule is CCn1cc(CN2CCC3(CC2)CC(c2noc(-c4ccccc4)n2)N(C)C3)cn1. The van der Waals surface area contributed by atoms with Gasteiger partial charge in [-0.1, -0.05) is 23.4 Å². The molecule has 1 spiro atoms. The summed E-state index contributed by atoms with van der Waals surface area (Å²) in [7, 11) is 2.20. The van der Waals surface area contributed by atoms with E-state index in [9.17, 15) is 0 Å². The van der Waals surface area contributed by atoms with Gasteiger partial charge in [-0.2, -0.15) is 10.1 Å². The summed E-state index contributed by atoms with van der Waals surface area (Å²) in [6.07, 6.45) is 7.73. The van der Waals surface area contributed by atoms with Gasteiger partial charge in [-0.05, 0) is 63.9 Å². The molecule has 2 aliphatic rings. The Balaban J connectivity index is 1.22. The van der Waals surface area contributed by atoms with Crippen molar-refractivity contribution >= 4 is 0 Å². The number of hydrogen-bond donors (Lipinski definition) is 0. The van der Waals surface area contributed by atoms with Gasteiger partial charge in [0.15, 0.2) is 5.82 Å². The molecule has 2 aromatic heterocycles. The molecule has 0 saturated carbocycles. The highest BCUT2D eigenvalue weighted by Crippen LogP contribution is 2.48. The first kappa shape index (κ1) is 19.5. The van der Waals surface area contributed by atoms with E-state index in [1.807, 2.05) is 41.2 Å². The van der Waals surface area contributed by atoms with Crippen LogP contribution in [0.1, 0.15) is 43.6 Å². The zero-order chi connectivity index (χ0) is 20.6. The fourth-order valence-corrected chi connectivity index (χ4v) is 5.09. The Bertz CT molecular complexity index is 973. The Morgan fingerprint density at radius 1 is 1.17 bits per heavy atom. The molecule has 1 atom stereocenters. The highest BCUT2D eigenvalue weighted by Gasteiger charge is 2.46. The summed E-state index contributed by atoms with van der Waals surface area (Å²) in [6.45, 7) is 7.44. The molecule has 0 N–H and O–H groups in total. The zero-order valence-corrected chi connectivity index (χ0v) is 17.9. The van der Waals surface area contributed by atoms with Crippen LogP contribution in [0.25, 0.3) is 11.5 Å². The topological polar surface area (TPSA) is 63.2 Å². The summed E-state index contributed by atoms with van der Waals surface area (Å²) in [5, 5.41) is 8.75. The Kier molecular flexibility index (Phi) is 5.16. The molecule has 0 bridgehead atoms. The summed E-state index contributed by atoms with van der Waals surface area (Å²) in [5.41, 5.74) is 2.65. The van der Waals surface area contributed by atoms with Gasteiger partial charge in [-0.15, -0.1) is 0 Å². The standard InChI is InChI=1S/C23H30N6O/c1-3-29-16-18(14-24-29)15-28-11-9-23(10-12-28)13-20(27(2)17-23)21-25-22(30-26-21)19-7-5-4-6-8-19/h4-8,14,16,20H,3,9-13,15,17H2,1-2H3. The van der Waals surface area contributed by atoms with Crippen LogP contribution in [0, 0.1) is 5.41 Å². The van der Waals surface area contributed by atoms with Gasteiger partial charge >= 0.3 is 0 Å². The highest BCUT2D eigenvalue weighted by molar-refractivity contribution is 5.52. The lowest BCUT2D eigenvalue weighted by molar-refractivity contribution is 0.105. The lowest BCUT2D eigenvalue weighted by atomic mass is 9.76. The first-order valence-electron chi connectivity index (χ1n) is 11.0. The Hall–Kier alpha value is -2.51. The van der Waals surface area contributed by atoms with Crippen LogP contribution in [0.15, 0.2) is 47.2 Å². The van der Waals surface area contributed by atoms with Crippen molar-refractivity contribution in [1.82, 2.24) is 29.7 Å². The Morgan fingerprint density at radius 3 is 2.70 bits per heavy atom. The maximum absolute atomic E-state index is 5.58. The van der Waals surface area contributed by atoms with E-state index in [1.54, 1.807) is 0 Å². The average molecular weight is 407 g/mol. The molecule has 158 valence electrons. The molecule has 1 aromatic carbocycles. The second kappa shape index (κ2) is 7.96. The first-order valence-corrected chi connectivity index (χ1v) is 11.0. The number of piperidine rings is 1. The van der Waals surface area contributed by atoms with Crippen molar-refractivity contribution in [2.75, 3.05) is 26.7 Å². The average Bonchev–Trinajstić information content (AvgIpc) is 3.50. The molecule has 0 aliphatic carbocycles. The maximum Gasteiger partial charge on any atom is 0.257 e. The molecular weight excluding hydrogens is 376 g/mol. The monoisotopic (exact) mass is 406 g/mol. The third kappa shape index (κ3) is 3.79. The third-order valence-electron chi connectivity index (χ3n) is 6.84. The lowest BCUT2D eigenvalue weighted by Crippen LogP contribution is -2.40. The van der Waals surface area contributed by atoms with Gasteiger partial charge in [-0.25, -0.2) is 0 Å². The van der Waals surface area contributed by atoms with Crippen LogP contribution in [-0.2, 0) is 13.1 Å². The molecule has 0 amide bonds. The minimum atomic E-state index is 0.237. The van der Waals surface area contributed by atoms with Crippen molar-refractivity contribution in [3.8, 4) is 11.5 Å².